The molecule has 2 aromatic carbocycles. The van der Waals surface area contributed by atoms with Crippen molar-refractivity contribution in [2.24, 2.45) is 5.11 Å². The Bertz CT molecular complexity index is 875. The van der Waals surface area contributed by atoms with Gasteiger partial charge in [0.2, 0.25) is 5.91 Å². The highest BCUT2D eigenvalue weighted by Gasteiger charge is 2.14. The monoisotopic (exact) mass is 293 g/mol. The van der Waals surface area contributed by atoms with Gasteiger partial charge in [0.25, 0.3) is 0 Å². The fourth-order valence-corrected chi connectivity index (χ4v) is 2.25. The molecule has 0 spiro atoms. The summed E-state index contributed by atoms with van der Waals surface area (Å²) >= 11 is 0. The number of hydrogen-bond acceptors (Lipinski definition) is 3. The summed E-state index contributed by atoms with van der Waals surface area (Å²) in [6.45, 7) is 0. The minimum absolute atomic E-state index is 0.272. The van der Waals surface area contributed by atoms with Crippen LogP contribution in [0.2, 0.25) is 0 Å². The van der Waals surface area contributed by atoms with E-state index in [0.29, 0.717) is 17.1 Å². The summed E-state index contributed by atoms with van der Waals surface area (Å²) in [5.74, 6) is 0.493. The van der Waals surface area contributed by atoms with E-state index in [4.69, 9.17) is 14.7 Å². The lowest BCUT2D eigenvalue weighted by Crippen LogP contribution is -1.95. The van der Waals surface area contributed by atoms with Gasteiger partial charge in [0.1, 0.15) is 17.1 Å². The predicted molar refractivity (Wildman–Crippen MR) is 81.7 cm³/mol. The normalized spacial score (nSPS) is 10.2. The molecule has 3 rings (SSSR count). The van der Waals surface area contributed by atoms with Crippen LogP contribution in [0.4, 0.5) is 0 Å². The lowest BCUT2D eigenvalue weighted by atomic mass is 10.1. The third kappa shape index (κ3) is 2.39. The molecule has 6 heteroatoms. The quantitative estimate of drug-likeness (QED) is 0.403. The second-order valence-corrected chi connectivity index (χ2v) is 4.56. The van der Waals surface area contributed by atoms with E-state index in [0.717, 1.165) is 11.0 Å². The molecule has 1 heterocycles. The highest BCUT2D eigenvalue weighted by Crippen LogP contribution is 2.34. The Morgan fingerprint density at radius 1 is 1.23 bits per heavy atom. The van der Waals surface area contributed by atoms with Crippen LogP contribution in [0.5, 0.6) is 5.75 Å². The molecule has 0 saturated heterocycles. The van der Waals surface area contributed by atoms with Crippen LogP contribution in [0.15, 0.2) is 58.1 Å². The zero-order valence-electron chi connectivity index (χ0n) is 11.7. The van der Waals surface area contributed by atoms with E-state index in [-0.39, 0.29) is 5.56 Å². The molecule has 1 amide bonds. The maximum atomic E-state index is 11.7. The van der Waals surface area contributed by atoms with Gasteiger partial charge >= 0.3 is 0 Å². The van der Waals surface area contributed by atoms with Gasteiger partial charge in [0.05, 0.1) is 12.7 Å². The Morgan fingerprint density at radius 2 is 2.05 bits per heavy atom. The summed E-state index contributed by atoms with van der Waals surface area (Å²) in [7, 11) is 1.54. The fraction of sp³-hybridized carbons (Fsp3) is 0.0625. The summed E-state index contributed by atoms with van der Waals surface area (Å²) in [6.07, 6.45) is 0. The number of benzene rings is 2. The number of hydrogen-bond donors (Lipinski definition) is 0. The number of methoxy groups -OCH3 is 1. The van der Waals surface area contributed by atoms with E-state index in [9.17, 15) is 4.79 Å². The first-order chi connectivity index (χ1) is 10.7. The average Bonchev–Trinajstić information content (AvgIpc) is 2.98. The average molecular weight is 293 g/mol. The van der Waals surface area contributed by atoms with Gasteiger partial charge in [-0.25, -0.2) is 0 Å². The molecule has 0 radical (unpaired) electrons. The van der Waals surface area contributed by atoms with E-state index in [1.165, 1.54) is 7.11 Å². The van der Waals surface area contributed by atoms with Crippen LogP contribution in [-0.2, 0) is 0 Å². The second-order valence-electron chi connectivity index (χ2n) is 4.56. The molecule has 0 saturated carbocycles. The van der Waals surface area contributed by atoms with Crippen LogP contribution in [0.25, 0.3) is 32.7 Å². The van der Waals surface area contributed by atoms with Gasteiger partial charge in [-0.2, -0.15) is 0 Å². The zero-order valence-corrected chi connectivity index (χ0v) is 11.7. The molecule has 6 nitrogen and oxygen atoms in total. The van der Waals surface area contributed by atoms with Gasteiger partial charge in [-0.05, 0) is 41.0 Å². The Hall–Kier alpha value is -3.24. The largest absolute Gasteiger partial charge is 0.496 e. The van der Waals surface area contributed by atoms with Crippen LogP contribution in [0, 0.1) is 0 Å². The third-order valence-corrected chi connectivity index (χ3v) is 3.27. The Balaban J connectivity index is 2.16. The summed E-state index contributed by atoms with van der Waals surface area (Å²) in [5, 5.41) is 4.05. The number of carbonyl (C=O) groups is 1. The first kappa shape index (κ1) is 13.7. The number of fused-ring (bicyclic) bond motifs is 1. The Labute approximate surface area is 125 Å². The molecule has 0 aliphatic heterocycles. The standard InChI is InChI=1S/C16H11N3O3/c1-21-14-7-6-11(16(20)18-19-17)8-12(14)15-9-10-4-2-3-5-13(10)22-15/h2-9H,1H3. The molecule has 1 aromatic heterocycles. The zero-order chi connectivity index (χ0) is 15.5. The highest BCUT2D eigenvalue weighted by molar-refractivity contribution is 5.97. The van der Waals surface area contributed by atoms with Crippen LogP contribution in [-0.4, -0.2) is 13.0 Å². The molecule has 0 bridgehead atoms. The minimum Gasteiger partial charge on any atom is -0.496 e. The Kier molecular flexibility index (Phi) is 3.52. The van der Waals surface area contributed by atoms with Crippen molar-refractivity contribution in [3.63, 3.8) is 0 Å². The molecule has 3 aromatic rings. The number of rotatable bonds is 3. The van der Waals surface area contributed by atoms with E-state index < -0.39 is 5.91 Å². The van der Waals surface area contributed by atoms with Crippen molar-refractivity contribution in [1.29, 1.82) is 0 Å². The number of carbonyl (C=O) groups excluding carboxylic acids is 1. The second kappa shape index (κ2) is 5.63. The van der Waals surface area contributed by atoms with Crippen LogP contribution in [0.3, 0.4) is 0 Å². The van der Waals surface area contributed by atoms with Gasteiger partial charge in [0, 0.05) is 15.9 Å². The number of nitrogens with zero attached hydrogens (tertiary/aromatic N) is 3. The molecule has 22 heavy (non-hydrogen) atoms. The third-order valence-electron chi connectivity index (χ3n) is 3.27. The maximum Gasteiger partial charge on any atom is 0.249 e. The molecule has 0 aliphatic carbocycles. The number of ether oxygens (including phenoxy) is 1. The van der Waals surface area contributed by atoms with Crippen LogP contribution < -0.4 is 4.74 Å². The van der Waals surface area contributed by atoms with Crippen molar-refractivity contribution in [2.75, 3.05) is 7.11 Å². The summed E-state index contributed by atoms with van der Waals surface area (Å²) < 4.78 is 11.1. The number of azide groups is 1. The van der Waals surface area contributed by atoms with Crippen LogP contribution >= 0.6 is 0 Å². The predicted octanol–water partition coefficient (Wildman–Crippen LogP) is 4.56. The minimum atomic E-state index is -0.650. The van der Waals surface area contributed by atoms with Gasteiger partial charge in [-0.15, -0.1) is 0 Å². The summed E-state index contributed by atoms with van der Waals surface area (Å²) in [5.41, 5.74) is 10.0. The number of amides is 1. The fourth-order valence-electron chi connectivity index (χ4n) is 2.25. The molecule has 0 fully saturated rings. The van der Waals surface area contributed by atoms with Gasteiger partial charge in [-0.1, -0.05) is 18.2 Å². The van der Waals surface area contributed by atoms with Crippen LogP contribution in [0.1, 0.15) is 10.4 Å². The Morgan fingerprint density at radius 3 is 2.77 bits per heavy atom. The van der Waals surface area contributed by atoms with E-state index in [2.05, 4.69) is 10.0 Å². The maximum absolute atomic E-state index is 11.7. The molecule has 0 N–H and O–H groups in total. The van der Waals surface area contributed by atoms with E-state index >= 15 is 0 Å². The SMILES string of the molecule is COc1ccc(C(=O)N=[N+]=[N-])cc1-c1cc2ccccc2o1. The lowest BCUT2D eigenvalue weighted by molar-refractivity contribution is 0.100. The van der Waals surface area contributed by atoms with E-state index in [1.807, 2.05) is 30.3 Å². The molecular formula is C16H11N3O3. The molecular weight excluding hydrogens is 282 g/mol. The van der Waals surface area contributed by atoms with Crippen molar-refractivity contribution in [3.05, 3.63) is 64.5 Å². The van der Waals surface area contributed by atoms with Gasteiger partial charge < -0.3 is 9.15 Å². The van der Waals surface area contributed by atoms with Crippen molar-refractivity contribution >= 4 is 16.9 Å². The van der Waals surface area contributed by atoms with Gasteiger partial charge in [-0.3, -0.25) is 4.79 Å². The first-order valence-electron chi connectivity index (χ1n) is 6.49. The molecule has 0 atom stereocenters. The first-order valence-corrected chi connectivity index (χ1v) is 6.49. The molecule has 108 valence electrons. The van der Waals surface area contributed by atoms with Crippen molar-refractivity contribution in [2.45, 2.75) is 0 Å². The summed E-state index contributed by atoms with van der Waals surface area (Å²) in [4.78, 5) is 14.2. The van der Waals surface area contributed by atoms with Gasteiger partial charge in [0.15, 0.2) is 0 Å². The summed E-state index contributed by atoms with van der Waals surface area (Å²) in [6, 6.07) is 14.2. The van der Waals surface area contributed by atoms with Crippen molar-refractivity contribution < 1.29 is 13.9 Å². The lowest BCUT2D eigenvalue weighted by Gasteiger charge is -2.07. The topological polar surface area (TPSA) is 88.2 Å². The van der Waals surface area contributed by atoms with Crippen molar-refractivity contribution in [3.8, 4) is 17.1 Å². The smallest absolute Gasteiger partial charge is 0.249 e. The highest BCUT2D eigenvalue weighted by atomic mass is 16.5. The number of furan rings is 1. The van der Waals surface area contributed by atoms with E-state index in [1.54, 1.807) is 18.2 Å². The molecule has 0 unspecified atom stereocenters. The number of para-hydroxylation sites is 1. The van der Waals surface area contributed by atoms with Crippen molar-refractivity contribution in [1.82, 2.24) is 0 Å². The molecule has 0 aliphatic rings.